The Morgan fingerprint density at radius 2 is 2.00 bits per heavy atom. The summed E-state index contributed by atoms with van der Waals surface area (Å²) in [7, 11) is 0. The lowest BCUT2D eigenvalue weighted by Gasteiger charge is -2.38. The van der Waals surface area contributed by atoms with Crippen LogP contribution in [0.3, 0.4) is 0 Å². The van der Waals surface area contributed by atoms with Crippen molar-refractivity contribution in [1.82, 2.24) is 4.98 Å². The maximum absolute atomic E-state index is 11.4. The first-order valence-electron chi connectivity index (χ1n) is 8.27. The highest BCUT2D eigenvalue weighted by Crippen LogP contribution is 2.43. The highest BCUT2D eigenvalue weighted by Gasteiger charge is 2.37. The number of aromatic nitrogens is 1. The molecule has 25 heavy (non-hydrogen) atoms. The first-order chi connectivity index (χ1) is 11.9. The molecule has 0 aliphatic heterocycles. The van der Waals surface area contributed by atoms with Crippen molar-refractivity contribution in [2.45, 2.75) is 31.8 Å². The second-order valence-electron chi connectivity index (χ2n) is 6.80. The van der Waals surface area contributed by atoms with E-state index in [-0.39, 0.29) is 5.56 Å². The average molecular weight is 356 g/mol. The minimum Gasteiger partial charge on any atom is -0.478 e. The van der Waals surface area contributed by atoms with E-state index in [9.17, 15) is 15.0 Å². The van der Waals surface area contributed by atoms with Crippen LogP contribution in [0.2, 0.25) is 5.02 Å². The number of aromatic carboxylic acids is 1. The smallest absolute Gasteiger partial charge is 0.337 e. The van der Waals surface area contributed by atoms with Gasteiger partial charge in [-0.15, -0.1) is 0 Å². The van der Waals surface area contributed by atoms with Gasteiger partial charge in [0.25, 0.3) is 0 Å². The summed E-state index contributed by atoms with van der Waals surface area (Å²) in [6.45, 7) is 1.99. The molecule has 0 atom stereocenters. The lowest BCUT2D eigenvalue weighted by Crippen LogP contribution is -2.34. The van der Waals surface area contributed by atoms with Gasteiger partial charge in [0, 0.05) is 22.7 Å². The van der Waals surface area contributed by atoms with Crippen LogP contribution in [0.25, 0.3) is 22.0 Å². The van der Waals surface area contributed by atoms with E-state index in [1.165, 1.54) is 6.20 Å². The molecule has 1 aliphatic rings. The van der Waals surface area contributed by atoms with E-state index in [4.69, 9.17) is 11.6 Å². The molecule has 2 aromatic carbocycles. The number of carboxylic acid groups (broad SMARTS) is 1. The Morgan fingerprint density at radius 3 is 2.60 bits per heavy atom. The van der Waals surface area contributed by atoms with Crippen molar-refractivity contribution in [1.29, 1.82) is 0 Å². The Balaban J connectivity index is 1.84. The highest BCUT2D eigenvalue weighted by molar-refractivity contribution is 6.34. The fourth-order valence-electron chi connectivity index (χ4n) is 3.68. The predicted molar refractivity (Wildman–Crippen MR) is 98.2 cm³/mol. The largest absolute Gasteiger partial charge is 0.478 e. The highest BCUT2D eigenvalue weighted by atomic mass is 35.5. The van der Waals surface area contributed by atoms with Crippen molar-refractivity contribution in [3.05, 3.63) is 58.2 Å². The van der Waals surface area contributed by atoms with Gasteiger partial charge in [-0.3, -0.25) is 0 Å². The lowest BCUT2D eigenvalue weighted by atomic mass is 9.73. The summed E-state index contributed by atoms with van der Waals surface area (Å²) < 4.78 is 0. The molecule has 0 radical (unpaired) electrons. The van der Waals surface area contributed by atoms with Gasteiger partial charge in [0.1, 0.15) is 0 Å². The predicted octanol–water partition coefficient (Wildman–Crippen LogP) is 4.87. The van der Waals surface area contributed by atoms with Crippen molar-refractivity contribution in [2.75, 3.05) is 0 Å². The molecule has 3 N–H and O–H groups in total. The Labute approximate surface area is 150 Å². The van der Waals surface area contributed by atoms with Gasteiger partial charge in [-0.1, -0.05) is 29.8 Å². The molecule has 4 nitrogen and oxygen atoms in total. The molecule has 128 valence electrons. The molecule has 0 unspecified atom stereocenters. The van der Waals surface area contributed by atoms with Gasteiger partial charge >= 0.3 is 5.97 Å². The van der Waals surface area contributed by atoms with Gasteiger partial charge in [0.05, 0.1) is 16.2 Å². The number of aliphatic hydroxyl groups is 1. The molecule has 5 heteroatoms. The first-order valence-corrected chi connectivity index (χ1v) is 8.65. The monoisotopic (exact) mass is 355 g/mol. The molecular weight excluding hydrogens is 338 g/mol. The number of fused-ring (bicyclic) bond motifs is 1. The summed E-state index contributed by atoms with van der Waals surface area (Å²) in [4.78, 5) is 14.3. The van der Waals surface area contributed by atoms with E-state index in [0.29, 0.717) is 15.9 Å². The lowest BCUT2D eigenvalue weighted by molar-refractivity contribution is -0.0392. The average Bonchev–Trinajstić information content (AvgIpc) is 2.94. The summed E-state index contributed by atoms with van der Waals surface area (Å²) in [5.74, 6) is -0.974. The molecule has 0 saturated heterocycles. The number of carboxylic acids is 1. The number of nitrogens with one attached hydrogen (secondary N) is 1. The number of benzene rings is 2. The van der Waals surface area contributed by atoms with E-state index >= 15 is 0 Å². The van der Waals surface area contributed by atoms with Gasteiger partial charge in [-0.05, 0) is 55.0 Å². The zero-order valence-electron chi connectivity index (χ0n) is 13.8. The molecule has 1 saturated carbocycles. The molecule has 3 aromatic rings. The van der Waals surface area contributed by atoms with Gasteiger partial charge < -0.3 is 15.2 Å². The molecule has 1 fully saturated rings. The summed E-state index contributed by atoms with van der Waals surface area (Å²) in [6, 6.07) is 9.47. The van der Waals surface area contributed by atoms with E-state index in [2.05, 4.69) is 4.98 Å². The van der Waals surface area contributed by atoms with Gasteiger partial charge in [-0.2, -0.15) is 0 Å². The minimum absolute atomic E-state index is 0.227. The Hall–Kier alpha value is -2.30. The summed E-state index contributed by atoms with van der Waals surface area (Å²) in [6.07, 6.45) is 4.12. The second-order valence-corrected chi connectivity index (χ2v) is 7.21. The number of halogens is 1. The maximum Gasteiger partial charge on any atom is 0.337 e. The molecular formula is C20H18ClNO3. The third kappa shape index (κ3) is 2.53. The summed E-state index contributed by atoms with van der Waals surface area (Å²) in [5, 5.41) is 21.1. The van der Waals surface area contributed by atoms with Crippen LogP contribution in [-0.4, -0.2) is 21.2 Å². The molecule has 0 amide bonds. The van der Waals surface area contributed by atoms with Crippen molar-refractivity contribution in [3.63, 3.8) is 0 Å². The number of aryl methyl sites for hydroxylation is 1. The molecule has 1 aromatic heterocycles. The van der Waals surface area contributed by atoms with Gasteiger partial charge in [-0.25, -0.2) is 4.79 Å². The quantitative estimate of drug-likeness (QED) is 0.627. The number of rotatable bonds is 3. The summed E-state index contributed by atoms with van der Waals surface area (Å²) in [5.41, 5.74) is 3.90. The number of hydrogen-bond donors (Lipinski definition) is 3. The fourth-order valence-corrected chi connectivity index (χ4v) is 3.95. The van der Waals surface area contributed by atoms with Crippen LogP contribution < -0.4 is 0 Å². The normalized spacial score (nSPS) is 16.0. The SMILES string of the molecule is Cc1cc(-c2cc3c(C(=O)O)c[nH]c3cc2Cl)ccc1C1(O)CCC1. The first kappa shape index (κ1) is 16.2. The zero-order valence-corrected chi connectivity index (χ0v) is 14.5. The molecule has 1 aliphatic carbocycles. The molecule has 0 spiro atoms. The zero-order chi connectivity index (χ0) is 17.8. The molecule has 1 heterocycles. The fraction of sp³-hybridized carbons (Fsp3) is 0.250. The Kier molecular flexibility index (Phi) is 3.63. The summed E-state index contributed by atoms with van der Waals surface area (Å²) >= 11 is 6.43. The van der Waals surface area contributed by atoms with Crippen LogP contribution >= 0.6 is 11.6 Å². The van der Waals surface area contributed by atoms with E-state index in [0.717, 1.165) is 41.5 Å². The van der Waals surface area contributed by atoms with Gasteiger partial charge in [0.2, 0.25) is 0 Å². The van der Waals surface area contributed by atoms with E-state index in [1.807, 2.05) is 31.2 Å². The van der Waals surface area contributed by atoms with Crippen molar-refractivity contribution in [3.8, 4) is 11.1 Å². The Bertz CT molecular complexity index is 1000. The number of carbonyl (C=O) groups is 1. The van der Waals surface area contributed by atoms with Crippen LogP contribution in [0.4, 0.5) is 0 Å². The van der Waals surface area contributed by atoms with Crippen molar-refractivity contribution < 1.29 is 15.0 Å². The van der Waals surface area contributed by atoms with Crippen molar-refractivity contribution >= 4 is 28.5 Å². The van der Waals surface area contributed by atoms with Crippen LogP contribution in [-0.2, 0) is 5.60 Å². The molecule has 0 bridgehead atoms. The third-order valence-electron chi connectivity index (χ3n) is 5.22. The van der Waals surface area contributed by atoms with Crippen LogP contribution in [0, 0.1) is 6.92 Å². The second kappa shape index (κ2) is 5.61. The standard InChI is InChI=1S/C20H18ClNO3/c1-11-7-12(3-4-16(11)20(25)5-2-6-20)13-8-14-15(19(23)24)10-22-18(14)9-17(13)21/h3-4,7-10,22,25H,2,5-6H2,1H3,(H,23,24). The van der Waals surface area contributed by atoms with Crippen molar-refractivity contribution in [2.24, 2.45) is 0 Å². The third-order valence-corrected chi connectivity index (χ3v) is 5.53. The van der Waals surface area contributed by atoms with E-state index < -0.39 is 11.6 Å². The number of hydrogen-bond acceptors (Lipinski definition) is 2. The van der Waals surface area contributed by atoms with Crippen LogP contribution in [0.5, 0.6) is 0 Å². The van der Waals surface area contributed by atoms with Gasteiger partial charge in [0.15, 0.2) is 0 Å². The van der Waals surface area contributed by atoms with E-state index in [1.54, 1.807) is 6.07 Å². The Morgan fingerprint density at radius 1 is 1.24 bits per heavy atom. The van der Waals surface area contributed by atoms with Crippen LogP contribution in [0.15, 0.2) is 36.5 Å². The maximum atomic E-state index is 11.4. The molecule has 4 rings (SSSR count). The minimum atomic E-state index is -0.974. The number of H-pyrrole nitrogens is 1. The van der Waals surface area contributed by atoms with Crippen LogP contribution in [0.1, 0.15) is 40.7 Å². The topological polar surface area (TPSA) is 73.3 Å². The number of aromatic amines is 1.